The molecule has 2 aromatic heterocycles. The minimum absolute atomic E-state index is 0.753. The van der Waals surface area contributed by atoms with E-state index in [9.17, 15) is 0 Å². The molecule has 0 saturated heterocycles. The highest BCUT2D eigenvalue weighted by Crippen LogP contribution is 2.33. The molecule has 0 aliphatic rings. The molecule has 3 aromatic rings. The van der Waals surface area contributed by atoms with E-state index in [2.05, 4.69) is 35.1 Å². The van der Waals surface area contributed by atoms with E-state index < -0.39 is 0 Å². The zero-order chi connectivity index (χ0) is 15.0. The van der Waals surface area contributed by atoms with Crippen LogP contribution in [-0.2, 0) is 0 Å². The van der Waals surface area contributed by atoms with Crippen LogP contribution in [0.15, 0.2) is 46.3 Å². The summed E-state index contributed by atoms with van der Waals surface area (Å²) in [6.45, 7) is 6.12. The highest BCUT2D eigenvalue weighted by atomic mass is 32.2. The van der Waals surface area contributed by atoms with Gasteiger partial charge in [0.15, 0.2) is 0 Å². The van der Waals surface area contributed by atoms with Gasteiger partial charge < -0.3 is 5.73 Å². The van der Waals surface area contributed by atoms with Crippen molar-refractivity contribution >= 4 is 28.4 Å². The van der Waals surface area contributed by atoms with E-state index in [1.807, 2.05) is 32.0 Å². The van der Waals surface area contributed by atoms with E-state index in [1.54, 1.807) is 11.8 Å². The van der Waals surface area contributed by atoms with Crippen LogP contribution in [0, 0.1) is 20.8 Å². The molecule has 4 heteroatoms. The Morgan fingerprint density at radius 1 is 0.905 bits per heavy atom. The molecule has 2 heterocycles. The number of aromatic nitrogens is 2. The molecule has 21 heavy (non-hydrogen) atoms. The summed E-state index contributed by atoms with van der Waals surface area (Å²) in [7, 11) is 0. The predicted molar refractivity (Wildman–Crippen MR) is 88.7 cm³/mol. The van der Waals surface area contributed by atoms with Gasteiger partial charge in [-0.3, -0.25) is 4.98 Å². The van der Waals surface area contributed by atoms with Gasteiger partial charge in [-0.15, -0.1) is 0 Å². The molecule has 0 atom stereocenters. The highest BCUT2D eigenvalue weighted by molar-refractivity contribution is 7.99. The van der Waals surface area contributed by atoms with Crippen molar-refractivity contribution in [3.05, 3.63) is 53.3 Å². The lowest BCUT2D eigenvalue weighted by molar-refractivity contribution is 1.05. The molecular weight excluding hydrogens is 278 g/mol. The Morgan fingerprint density at radius 2 is 1.67 bits per heavy atom. The lowest BCUT2D eigenvalue weighted by atomic mass is 10.2. The molecule has 0 aliphatic carbocycles. The average molecular weight is 295 g/mol. The van der Waals surface area contributed by atoms with Crippen LogP contribution in [0.1, 0.15) is 17.0 Å². The minimum atomic E-state index is 0.753. The third-order valence-electron chi connectivity index (χ3n) is 3.21. The van der Waals surface area contributed by atoms with Crippen molar-refractivity contribution in [3.63, 3.8) is 0 Å². The summed E-state index contributed by atoms with van der Waals surface area (Å²) in [6.07, 6.45) is 0. The SMILES string of the molecule is Cc1cc(C)nc(Sc2cc(C)nc3ccc(N)cc23)c1. The Balaban J connectivity index is 2.13. The maximum atomic E-state index is 5.92. The zero-order valence-electron chi connectivity index (χ0n) is 12.3. The summed E-state index contributed by atoms with van der Waals surface area (Å²) in [4.78, 5) is 10.3. The fourth-order valence-electron chi connectivity index (χ4n) is 2.39. The van der Waals surface area contributed by atoms with Crippen molar-refractivity contribution in [2.45, 2.75) is 30.7 Å². The number of hydrogen-bond donors (Lipinski definition) is 1. The second-order valence-corrected chi connectivity index (χ2v) is 6.33. The molecule has 0 unspecified atom stereocenters. The molecule has 3 nitrogen and oxygen atoms in total. The second-order valence-electron chi connectivity index (χ2n) is 5.26. The van der Waals surface area contributed by atoms with Gasteiger partial charge in [0, 0.05) is 27.4 Å². The van der Waals surface area contributed by atoms with Crippen LogP contribution in [0.4, 0.5) is 5.69 Å². The van der Waals surface area contributed by atoms with Gasteiger partial charge in [0.25, 0.3) is 0 Å². The number of hydrogen-bond acceptors (Lipinski definition) is 4. The normalized spacial score (nSPS) is 11.0. The van der Waals surface area contributed by atoms with Gasteiger partial charge in [-0.25, -0.2) is 4.98 Å². The Hall–Kier alpha value is -2.07. The molecule has 0 saturated carbocycles. The van der Waals surface area contributed by atoms with E-state index in [1.165, 1.54) is 5.56 Å². The lowest BCUT2D eigenvalue weighted by Crippen LogP contribution is -1.91. The topological polar surface area (TPSA) is 51.8 Å². The zero-order valence-corrected chi connectivity index (χ0v) is 13.2. The molecule has 2 N–H and O–H groups in total. The van der Waals surface area contributed by atoms with Gasteiger partial charge in [0.2, 0.25) is 0 Å². The molecule has 0 amide bonds. The predicted octanol–water partition coefficient (Wildman–Crippen LogP) is 4.29. The Kier molecular flexibility index (Phi) is 3.55. The number of fused-ring (bicyclic) bond motifs is 1. The third kappa shape index (κ3) is 3.00. The van der Waals surface area contributed by atoms with Crippen molar-refractivity contribution in [3.8, 4) is 0 Å². The first-order valence-electron chi connectivity index (χ1n) is 6.81. The number of benzene rings is 1. The number of nitrogen functional groups attached to an aromatic ring is 1. The van der Waals surface area contributed by atoms with Gasteiger partial charge in [0.1, 0.15) is 5.03 Å². The number of pyridine rings is 2. The van der Waals surface area contributed by atoms with Crippen LogP contribution in [0.25, 0.3) is 10.9 Å². The van der Waals surface area contributed by atoms with Gasteiger partial charge in [-0.2, -0.15) is 0 Å². The molecule has 3 rings (SSSR count). The smallest absolute Gasteiger partial charge is 0.101 e. The summed E-state index contributed by atoms with van der Waals surface area (Å²) < 4.78 is 0. The number of nitrogens with two attached hydrogens (primary N) is 1. The summed E-state index contributed by atoms with van der Waals surface area (Å²) >= 11 is 1.66. The molecule has 0 fully saturated rings. The Labute approximate surface area is 128 Å². The van der Waals surface area contributed by atoms with Crippen LogP contribution < -0.4 is 5.73 Å². The molecule has 0 bridgehead atoms. The molecule has 106 valence electrons. The first-order valence-corrected chi connectivity index (χ1v) is 7.63. The first-order chi connectivity index (χ1) is 10.0. The van der Waals surface area contributed by atoms with E-state index in [0.717, 1.165) is 37.9 Å². The largest absolute Gasteiger partial charge is 0.399 e. The van der Waals surface area contributed by atoms with Crippen LogP contribution >= 0.6 is 11.8 Å². The molecular formula is C17H17N3S. The fourth-order valence-corrected chi connectivity index (χ4v) is 3.55. The van der Waals surface area contributed by atoms with Crippen LogP contribution in [0.3, 0.4) is 0 Å². The maximum absolute atomic E-state index is 5.92. The lowest BCUT2D eigenvalue weighted by Gasteiger charge is -2.09. The number of nitrogens with zero attached hydrogens (tertiary/aromatic N) is 2. The maximum Gasteiger partial charge on any atom is 0.101 e. The van der Waals surface area contributed by atoms with Crippen molar-refractivity contribution in [1.29, 1.82) is 0 Å². The molecule has 0 spiro atoms. The standard InChI is InChI=1S/C17H17N3S/c1-10-6-11(2)20-17(7-10)21-16-8-12(3)19-15-5-4-13(18)9-14(15)16/h4-9H,18H2,1-3H3. The summed E-state index contributed by atoms with van der Waals surface area (Å²) in [6, 6.07) is 12.1. The number of anilines is 1. The van der Waals surface area contributed by atoms with Crippen molar-refractivity contribution in [2.75, 3.05) is 5.73 Å². The average Bonchev–Trinajstić information content (AvgIpc) is 2.38. The van der Waals surface area contributed by atoms with E-state index in [4.69, 9.17) is 5.73 Å². The van der Waals surface area contributed by atoms with Gasteiger partial charge in [-0.1, -0.05) is 11.8 Å². The fraction of sp³-hybridized carbons (Fsp3) is 0.176. The first kappa shape index (κ1) is 13.9. The van der Waals surface area contributed by atoms with E-state index >= 15 is 0 Å². The number of aryl methyl sites for hydroxylation is 3. The second kappa shape index (κ2) is 5.37. The van der Waals surface area contributed by atoms with Crippen LogP contribution in [0.5, 0.6) is 0 Å². The van der Waals surface area contributed by atoms with Crippen molar-refractivity contribution in [2.24, 2.45) is 0 Å². The molecule has 0 radical (unpaired) electrons. The quantitative estimate of drug-likeness (QED) is 0.717. The summed E-state index contributed by atoms with van der Waals surface area (Å²) in [5.74, 6) is 0. The highest BCUT2D eigenvalue weighted by Gasteiger charge is 2.08. The van der Waals surface area contributed by atoms with Crippen LogP contribution in [0.2, 0.25) is 0 Å². The molecule has 0 aliphatic heterocycles. The van der Waals surface area contributed by atoms with Gasteiger partial charge in [-0.05, 0) is 62.7 Å². The minimum Gasteiger partial charge on any atom is -0.399 e. The van der Waals surface area contributed by atoms with Gasteiger partial charge >= 0.3 is 0 Å². The van der Waals surface area contributed by atoms with E-state index in [0.29, 0.717) is 0 Å². The molecule has 1 aromatic carbocycles. The van der Waals surface area contributed by atoms with Crippen LogP contribution in [-0.4, -0.2) is 9.97 Å². The van der Waals surface area contributed by atoms with Crippen molar-refractivity contribution < 1.29 is 0 Å². The van der Waals surface area contributed by atoms with Crippen molar-refractivity contribution in [1.82, 2.24) is 9.97 Å². The summed E-state index contributed by atoms with van der Waals surface area (Å²) in [5, 5.41) is 2.08. The Bertz CT molecular complexity index is 807. The van der Waals surface area contributed by atoms with E-state index in [-0.39, 0.29) is 0 Å². The monoisotopic (exact) mass is 295 g/mol. The third-order valence-corrected chi connectivity index (χ3v) is 4.19. The Morgan fingerprint density at radius 3 is 2.43 bits per heavy atom. The van der Waals surface area contributed by atoms with Gasteiger partial charge in [0.05, 0.1) is 5.52 Å². The number of rotatable bonds is 2. The summed E-state index contributed by atoms with van der Waals surface area (Å²) in [5.41, 5.74) is 10.9.